The van der Waals surface area contributed by atoms with Crippen LogP contribution in [0.2, 0.25) is 0 Å². The Kier molecular flexibility index (Phi) is 2.03. The normalized spacial score (nSPS) is 44.2. The topological polar surface area (TPSA) is 20.2 Å². The zero-order valence-corrected chi connectivity index (χ0v) is 12.1. The van der Waals surface area contributed by atoms with Gasteiger partial charge in [-0.15, -0.1) is 23.5 Å². The zero-order chi connectivity index (χ0) is 12.6. The van der Waals surface area contributed by atoms with Crippen molar-refractivity contribution in [1.82, 2.24) is 0 Å². The van der Waals surface area contributed by atoms with E-state index in [2.05, 4.69) is 50.3 Å². The Balaban J connectivity index is 1.75. The molecule has 4 atom stereocenters. The molecule has 1 nitrogen and oxygen atoms in total. The maximum Gasteiger partial charge on any atom is 0.142 e. The molecule has 0 aromatic heterocycles. The quantitative estimate of drug-likeness (QED) is 0.662. The van der Waals surface area contributed by atoms with Crippen molar-refractivity contribution >= 4 is 23.5 Å². The SMILES string of the molecule is CC(C)(c1ccccc1)C12C=CC3(O)SC3C1S2. The minimum Gasteiger partial charge on any atom is -0.375 e. The molecule has 2 saturated heterocycles. The molecule has 94 valence electrons. The van der Waals surface area contributed by atoms with Gasteiger partial charge in [-0.3, -0.25) is 0 Å². The lowest BCUT2D eigenvalue weighted by molar-refractivity contribution is 0.210. The number of hydrogen-bond acceptors (Lipinski definition) is 3. The highest BCUT2D eigenvalue weighted by Gasteiger charge is 2.76. The molecule has 1 N–H and O–H groups in total. The first kappa shape index (κ1) is 11.4. The zero-order valence-electron chi connectivity index (χ0n) is 10.5. The molecule has 3 heteroatoms. The number of benzene rings is 1. The van der Waals surface area contributed by atoms with Crippen LogP contribution in [0.25, 0.3) is 0 Å². The van der Waals surface area contributed by atoms with E-state index in [0.29, 0.717) is 10.5 Å². The summed E-state index contributed by atoms with van der Waals surface area (Å²) in [5.74, 6) is 0. The van der Waals surface area contributed by atoms with Gasteiger partial charge in [-0.25, -0.2) is 0 Å². The van der Waals surface area contributed by atoms with E-state index in [1.54, 1.807) is 11.8 Å². The Morgan fingerprint density at radius 3 is 2.50 bits per heavy atom. The minimum atomic E-state index is -0.537. The van der Waals surface area contributed by atoms with Crippen LogP contribution in [0, 0.1) is 0 Å². The first-order valence-electron chi connectivity index (χ1n) is 6.34. The van der Waals surface area contributed by atoms with Gasteiger partial charge in [0.15, 0.2) is 0 Å². The Morgan fingerprint density at radius 2 is 1.78 bits per heavy atom. The standard InChI is InChI=1S/C15H16OS2/c1-13(2,10-6-4-3-5-7-10)14-8-9-15(16)12(18-15)11(14)17-14/h3-9,11-12,16H,1-2H3. The summed E-state index contributed by atoms with van der Waals surface area (Å²) in [6, 6.07) is 10.7. The Bertz CT molecular complexity index is 539. The molecule has 0 bridgehead atoms. The highest BCUT2D eigenvalue weighted by atomic mass is 32.2. The fourth-order valence-electron chi connectivity index (χ4n) is 3.21. The summed E-state index contributed by atoms with van der Waals surface area (Å²) in [4.78, 5) is -0.537. The predicted octanol–water partition coefficient (Wildman–Crippen LogP) is 3.19. The second-order valence-electron chi connectivity index (χ2n) is 5.95. The van der Waals surface area contributed by atoms with E-state index >= 15 is 0 Å². The summed E-state index contributed by atoms with van der Waals surface area (Å²) in [5.41, 5.74) is 1.51. The van der Waals surface area contributed by atoms with E-state index < -0.39 is 4.93 Å². The third-order valence-electron chi connectivity index (χ3n) is 4.67. The number of aliphatic hydroxyl groups is 1. The lowest BCUT2D eigenvalue weighted by atomic mass is 9.69. The molecule has 4 unspecified atom stereocenters. The van der Waals surface area contributed by atoms with E-state index in [1.807, 2.05) is 17.8 Å². The van der Waals surface area contributed by atoms with Crippen LogP contribution in [-0.2, 0) is 5.41 Å². The minimum absolute atomic E-state index is 0.116. The second kappa shape index (κ2) is 3.20. The molecule has 2 heterocycles. The third kappa shape index (κ3) is 1.25. The summed E-state index contributed by atoms with van der Waals surface area (Å²) in [5, 5.41) is 11.1. The second-order valence-corrected chi connectivity index (χ2v) is 8.76. The van der Waals surface area contributed by atoms with Crippen LogP contribution >= 0.6 is 23.5 Å². The molecule has 1 aromatic rings. The molecule has 0 radical (unpaired) electrons. The Labute approximate surface area is 116 Å². The fourth-order valence-corrected chi connectivity index (χ4v) is 6.51. The van der Waals surface area contributed by atoms with Crippen LogP contribution < -0.4 is 0 Å². The summed E-state index contributed by atoms with van der Waals surface area (Å²) in [7, 11) is 0. The van der Waals surface area contributed by atoms with Gasteiger partial charge < -0.3 is 5.11 Å². The smallest absolute Gasteiger partial charge is 0.142 e. The van der Waals surface area contributed by atoms with Gasteiger partial charge in [-0.1, -0.05) is 50.3 Å². The molecule has 0 spiro atoms. The molecular weight excluding hydrogens is 260 g/mol. The van der Waals surface area contributed by atoms with Crippen LogP contribution in [0.3, 0.4) is 0 Å². The maximum absolute atomic E-state index is 10.2. The molecule has 0 amide bonds. The van der Waals surface area contributed by atoms with Crippen molar-refractivity contribution in [3.8, 4) is 0 Å². The van der Waals surface area contributed by atoms with E-state index in [1.165, 1.54) is 5.56 Å². The van der Waals surface area contributed by atoms with Crippen molar-refractivity contribution in [3.63, 3.8) is 0 Å². The van der Waals surface area contributed by atoms with Crippen LogP contribution in [-0.4, -0.2) is 25.3 Å². The number of rotatable bonds is 2. The summed E-state index contributed by atoms with van der Waals surface area (Å²) < 4.78 is 0.189. The van der Waals surface area contributed by atoms with Crippen LogP contribution in [0.15, 0.2) is 42.5 Å². The Morgan fingerprint density at radius 1 is 1.06 bits per heavy atom. The maximum atomic E-state index is 10.2. The number of thioether (sulfide) groups is 2. The van der Waals surface area contributed by atoms with Gasteiger partial charge in [0, 0.05) is 10.7 Å². The number of fused-ring (bicyclic) bond motifs is 3. The van der Waals surface area contributed by atoms with Crippen molar-refractivity contribution in [2.75, 3.05) is 0 Å². The fraction of sp³-hybridized carbons (Fsp3) is 0.467. The molecule has 2 aliphatic heterocycles. The first-order chi connectivity index (χ1) is 8.50. The average Bonchev–Trinajstić information content (AvgIpc) is 3.22. The molecular formula is C15H16OS2. The number of hydrogen-bond donors (Lipinski definition) is 1. The van der Waals surface area contributed by atoms with Crippen LogP contribution in [0.4, 0.5) is 0 Å². The average molecular weight is 276 g/mol. The summed E-state index contributed by atoms with van der Waals surface area (Å²) >= 11 is 3.74. The van der Waals surface area contributed by atoms with E-state index in [4.69, 9.17) is 0 Å². The lowest BCUT2D eigenvalue weighted by Gasteiger charge is -2.34. The highest BCUT2D eigenvalue weighted by Crippen LogP contribution is 2.76. The van der Waals surface area contributed by atoms with Crippen molar-refractivity contribution in [2.24, 2.45) is 0 Å². The van der Waals surface area contributed by atoms with Crippen molar-refractivity contribution < 1.29 is 5.11 Å². The van der Waals surface area contributed by atoms with Crippen LogP contribution in [0.5, 0.6) is 0 Å². The van der Waals surface area contributed by atoms with Gasteiger partial charge in [-0.05, 0) is 11.6 Å². The monoisotopic (exact) mass is 276 g/mol. The third-order valence-corrected chi connectivity index (χ3v) is 8.18. The predicted molar refractivity (Wildman–Crippen MR) is 79.0 cm³/mol. The van der Waals surface area contributed by atoms with Gasteiger partial charge in [0.25, 0.3) is 0 Å². The summed E-state index contributed by atoms with van der Waals surface area (Å²) in [6.07, 6.45) is 4.30. The molecule has 18 heavy (non-hydrogen) atoms. The molecule has 3 aliphatic rings. The van der Waals surface area contributed by atoms with Crippen LogP contribution in [0.1, 0.15) is 19.4 Å². The van der Waals surface area contributed by atoms with Gasteiger partial charge in [0.05, 0.1) is 10.00 Å². The largest absolute Gasteiger partial charge is 0.375 e. The van der Waals surface area contributed by atoms with Crippen molar-refractivity contribution in [1.29, 1.82) is 0 Å². The molecule has 1 aromatic carbocycles. The van der Waals surface area contributed by atoms with Crippen molar-refractivity contribution in [3.05, 3.63) is 48.0 Å². The van der Waals surface area contributed by atoms with Gasteiger partial charge in [-0.2, -0.15) is 0 Å². The van der Waals surface area contributed by atoms with Gasteiger partial charge in [0.1, 0.15) is 4.93 Å². The molecule has 2 fully saturated rings. The van der Waals surface area contributed by atoms with Crippen molar-refractivity contribution in [2.45, 2.75) is 39.4 Å². The van der Waals surface area contributed by atoms with Gasteiger partial charge in [0.2, 0.25) is 0 Å². The highest BCUT2D eigenvalue weighted by molar-refractivity contribution is 8.14. The van der Waals surface area contributed by atoms with E-state index in [0.717, 1.165) is 0 Å². The first-order valence-corrected chi connectivity index (χ1v) is 8.09. The molecule has 4 rings (SSSR count). The Hall–Kier alpha value is -0.380. The molecule has 0 saturated carbocycles. The lowest BCUT2D eigenvalue weighted by Crippen LogP contribution is -2.41. The van der Waals surface area contributed by atoms with E-state index in [-0.39, 0.29) is 10.2 Å². The molecule has 1 aliphatic carbocycles. The summed E-state index contributed by atoms with van der Waals surface area (Å²) in [6.45, 7) is 4.66. The van der Waals surface area contributed by atoms with E-state index in [9.17, 15) is 5.11 Å². The van der Waals surface area contributed by atoms with Gasteiger partial charge >= 0.3 is 0 Å².